The Morgan fingerprint density at radius 1 is 1.26 bits per heavy atom. The van der Waals surface area contributed by atoms with Gasteiger partial charge in [-0.15, -0.1) is 11.3 Å². The highest BCUT2D eigenvalue weighted by Gasteiger charge is 2.36. The first-order valence-electron chi connectivity index (χ1n) is 6.89. The van der Waals surface area contributed by atoms with E-state index in [1.165, 1.54) is 37.1 Å². The van der Waals surface area contributed by atoms with E-state index >= 15 is 0 Å². The summed E-state index contributed by atoms with van der Waals surface area (Å²) >= 11 is 7.12. The Morgan fingerprint density at radius 3 is 2.35 bits per heavy atom. The van der Waals surface area contributed by atoms with Crippen LogP contribution in [-0.4, -0.2) is 39.5 Å². The molecule has 0 atom stereocenters. The van der Waals surface area contributed by atoms with Crippen molar-refractivity contribution in [1.29, 1.82) is 0 Å². The molecule has 0 aliphatic carbocycles. The van der Waals surface area contributed by atoms with Crippen LogP contribution in [0.25, 0.3) is 10.6 Å². The maximum atomic E-state index is 12.6. The largest absolute Gasteiger partial charge is 0.480 e. The number of carbonyl (C=O) groups excluding carboxylic acids is 1. The number of carboxylic acid groups (broad SMARTS) is 1. The van der Waals surface area contributed by atoms with Crippen LogP contribution in [0, 0.1) is 6.92 Å². The number of aliphatic carboxylic acids is 1. The minimum atomic E-state index is -1.30. The number of amides is 1. The molecule has 0 aliphatic heterocycles. The minimum Gasteiger partial charge on any atom is -0.480 e. The summed E-state index contributed by atoms with van der Waals surface area (Å²) in [4.78, 5) is 30.0. The summed E-state index contributed by atoms with van der Waals surface area (Å²) in [5.41, 5.74) is 0.146. The monoisotopic (exact) mass is 352 g/mol. The highest BCUT2D eigenvalue weighted by Crippen LogP contribution is 2.30. The third-order valence-corrected chi connectivity index (χ3v) is 5.20. The molecule has 1 N–H and O–H groups in total. The highest BCUT2D eigenvalue weighted by molar-refractivity contribution is 7.17. The van der Waals surface area contributed by atoms with E-state index in [1.54, 1.807) is 19.1 Å². The van der Waals surface area contributed by atoms with Gasteiger partial charge in [0.05, 0.1) is 5.69 Å². The summed E-state index contributed by atoms with van der Waals surface area (Å²) in [6, 6.07) is 7.18. The Kier molecular flexibility index (Phi) is 4.77. The van der Waals surface area contributed by atoms with Crippen LogP contribution in [0.5, 0.6) is 0 Å². The van der Waals surface area contributed by atoms with Crippen molar-refractivity contribution < 1.29 is 14.7 Å². The van der Waals surface area contributed by atoms with Crippen molar-refractivity contribution >= 4 is 34.8 Å². The number of likely N-dealkylation sites (N-methyl/N-ethyl adjacent to an activating group) is 1. The fourth-order valence-corrected chi connectivity index (χ4v) is 3.03. The van der Waals surface area contributed by atoms with Crippen LogP contribution in [0.1, 0.15) is 29.2 Å². The molecule has 0 radical (unpaired) electrons. The van der Waals surface area contributed by atoms with Gasteiger partial charge in [-0.25, -0.2) is 9.78 Å². The fraction of sp³-hybridized carbons (Fsp3) is 0.312. The number of benzene rings is 1. The first-order valence-corrected chi connectivity index (χ1v) is 8.09. The van der Waals surface area contributed by atoms with Crippen molar-refractivity contribution in [2.75, 3.05) is 7.05 Å². The zero-order valence-corrected chi connectivity index (χ0v) is 14.8. The standard InChI is InChI=1S/C16H17ClN2O3S/c1-9-12(14(20)19(4)16(2,3)15(21)22)23-13(18-9)10-5-7-11(17)8-6-10/h5-8H,1-4H3,(H,21,22). The number of halogens is 1. The van der Waals surface area contributed by atoms with Gasteiger partial charge in [0.1, 0.15) is 15.4 Å². The molecule has 1 heterocycles. The first-order chi connectivity index (χ1) is 10.6. The lowest BCUT2D eigenvalue weighted by Crippen LogP contribution is -2.50. The lowest BCUT2D eigenvalue weighted by molar-refractivity contribution is -0.147. The number of aromatic nitrogens is 1. The van der Waals surface area contributed by atoms with Gasteiger partial charge in [0.2, 0.25) is 0 Å². The average Bonchev–Trinajstić information content (AvgIpc) is 2.88. The predicted octanol–water partition coefficient (Wildman–Crippen LogP) is 3.71. The van der Waals surface area contributed by atoms with E-state index in [-0.39, 0.29) is 5.91 Å². The molecule has 122 valence electrons. The summed E-state index contributed by atoms with van der Waals surface area (Å²) in [6.07, 6.45) is 0. The van der Waals surface area contributed by atoms with Crippen LogP contribution in [0.4, 0.5) is 0 Å². The topological polar surface area (TPSA) is 70.5 Å². The second-order valence-corrected chi connectivity index (χ2v) is 7.10. The normalized spacial score (nSPS) is 11.3. The summed E-state index contributed by atoms with van der Waals surface area (Å²) in [7, 11) is 1.48. The maximum Gasteiger partial charge on any atom is 0.329 e. The van der Waals surface area contributed by atoms with E-state index in [4.69, 9.17) is 11.6 Å². The molecule has 1 amide bonds. The molecule has 0 bridgehead atoms. The molecule has 0 fully saturated rings. The summed E-state index contributed by atoms with van der Waals surface area (Å²) in [5.74, 6) is -1.42. The summed E-state index contributed by atoms with van der Waals surface area (Å²) < 4.78 is 0. The smallest absolute Gasteiger partial charge is 0.329 e. The number of rotatable bonds is 4. The van der Waals surface area contributed by atoms with Crippen molar-refractivity contribution in [3.63, 3.8) is 0 Å². The summed E-state index contributed by atoms with van der Waals surface area (Å²) in [6.45, 7) is 4.72. The van der Waals surface area contributed by atoms with Crippen LogP contribution < -0.4 is 0 Å². The molecule has 5 nitrogen and oxygen atoms in total. The van der Waals surface area contributed by atoms with E-state index in [0.29, 0.717) is 20.6 Å². The van der Waals surface area contributed by atoms with Crippen molar-refractivity contribution in [2.45, 2.75) is 26.3 Å². The lowest BCUT2D eigenvalue weighted by atomic mass is 10.0. The zero-order chi connectivity index (χ0) is 17.4. The van der Waals surface area contributed by atoms with Gasteiger partial charge >= 0.3 is 5.97 Å². The Labute approximate surface area is 143 Å². The van der Waals surface area contributed by atoms with Gasteiger partial charge in [-0.05, 0) is 32.9 Å². The molecular weight excluding hydrogens is 336 g/mol. The Morgan fingerprint density at radius 2 is 1.83 bits per heavy atom. The Balaban J connectivity index is 2.36. The van der Waals surface area contributed by atoms with E-state index in [1.807, 2.05) is 12.1 Å². The van der Waals surface area contributed by atoms with Gasteiger partial charge in [0, 0.05) is 17.6 Å². The van der Waals surface area contributed by atoms with Gasteiger partial charge < -0.3 is 10.0 Å². The molecule has 0 aliphatic rings. The number of carbonyl (C=O) groups is 2. The second-order valence-electron chi connectivity index (χ2n) is 5.67. The minimum absolute atomic E-state index is 0.354. The maximum absolute atomic E-state index is 12.6. The molecule has 2 rings (SSSR count). The Bertz CT molecular complexity index is 753. The van der Waals surface area contributed by atoms with Crippen LogP contribution in [0.2, 0.25) is 5.02 Å². The third kappa shape index (κ3) is 3.38. The number of hydrogen-bond donors (Lipinski definition) is 1. The molecule has 1 aromatic heterocycles. The molecule has 7 heteroatoms. The molecule has 0 saturated heterocycles. The second kappa shape index (κ2) is 6.29. The Hall–Kier alpha value is -1.92. The SMILES string of the molecule is Cc1nc(-c2ccc(Cl)cc2)sc1C(=O)N(C)C(C)(C)C(=O)O. The van der Waals surface area contributed by atoms with E-state index in [9.17, 15) is 14.7 Å². The van der Waals surface area contributed by atoms with Crippen molar-refractivity contribution in [3.05, 3.63) is 39.9 Å². The average molecular weight is 353 g/mol. The van der Waals surface area contributed by atoms with Crippen LogP contribution in [-0.2, 0) is 4.79 Å². The number of carboxylic acids is 1. The van der Waals surface area contributed by atoms with E-state index in [2.05, 4.69) is 4.98 Å². The summed E-state index contributed by atoms with van der Waals surface area (Å²) in [5, 5.41) is 10.6. The number of thiazole rings is 1. The quantitative estimate of drug-likeness (QED) is 0.910. The third-order valence-electron chi connectivity index (χ3n) is 3.75. The zero-order valence-electron chi connectivity index (χ0n) is 13.3. The first kappa shape index (κ1) is 17.4. The predicted molar refractivity (Wildman–Crippen MR) is 91.1 cm³/mol. The molecule has 0 saturated carbocycles. The van der Waals surface area contributed by atoms with Gasteiger partial charge in [-0.2, -0.15) is 0 Å². The molecule has 0 spiro atoms. The molecule has 0 unspecified atom stereocenters. The lowest BCUT2D eigenvalue weighted by Gasteiger charge is -2.31. The molecular formula is C16H17ClN2O3S. The van der Waals surface area contributed by atoms with Crippen molar-refractivity contribution in [1.82, 2.24) is 9.88 Å². The highest BCUT2D eigenvalue weighted by atomic mass is 35.5. The van der Waals surface area contributed by atoms with Gasteiger partial charge in [0.25, 0.3) is 5.91 Å². The number of nitrogens with zero attached hydrogens (tertiary/aromatic N) is 2. The van der Waals surface area contributed by atoms with Gasteiger partial charge in [-0.3, -0.25) is 4.79 Å². The van der Waals surface area contributed by atoms with Gasteiger partial charge in [-0.1, -0.05) is 23.7 Å². The van der Waals surface area contributed by atoms with Crippen molar-refractivity contribution in [2.24, 2.45) is 0 Å². The van der Waals surface area contributed by atoms with E-state index in [0.717, 1.165) is 5.56 Å². The number of aryl methyl sites for hydroxylation is 1. The van der Waals surface area contributed by atoms with Crippen LogP contribution in [0.3, 0.4) is 0 Å². The van der Waals surface area contributed by atoms with Crippen LogP contribution in [0.15, 0.2) is 24.3 Å². The van der Waals surface area contributed by atoms with E-state index < -0.39 is 11.5 Å². The van der Waals surface area contributed by atoms with Crippen molar-refractivity contribution in [3.8, 4) is 10.6 Å². The molecule has 23 heavy (non-hydrogen) atoms. The van der Waals surface area contributed by atoms with Crippen LogP contribution >= 0.6 is 22.9 Å². The fourth-order valence-electron chi connectivity index (χ4n) is 1.86. The van der Waals surface area contributed by atoms with Gasteiger partial charge in [0.15, 0.2) is 0 Å². The molecule has 2 aromatic rings. The molecule has 1 aromatic carbocycles. The number of hydrogen-bond acceptors (Lipinski definition) is 4.